The normalized spacial score (nSPS) is 14.7. The van der Waals surface area contributed by atoms with E-state index < -0.39 is 15.9 Å². The third-order valence-corrected chi connectivity index (χ3v) is 6.01. The first-order valence-electron chi connectivity index (χ1n) is 10.6. The molecule has 1 amide bonds. The average molecular weight is 486 g/mol. The molecule has 2 aromatic carbocycles. The molecule has 3 aromatic rings. The van der Waals surface area contributed by atoms with Gasteiger partial charge in [0, 0.05) is 38.3 Å². The van der Waals surface area contributed by atoms with Crippen LogP contribution in [0.1, 0.15) is 16.1 Å². The lowest BCUT2D eigenvalue weighted by molar-refractivity contribution is 0.0976. The number of aromatic nitrogens is 2. The van der Waals surface area contributed by atoms with Crippen LogP contribution in [0.4, 0.5) is 10.2 Å². The summed E-state index contributed by atoms with van der Waals surface area (Å²) in [6.07, 6.45) is 0.893. The van der Waals surface area contributed by atoms with E-state index in [4.69, 9.17) is 0 Å². The molecule has 1 saturated heterocycles. The van der Waals surface area contributed by atoms with Gasteiger partial charge in [0.05, 0.1) is 6.26 Å². The van der Waals surface area contributed by atoms with Crippen molar-refractivity contribution in [3.63, 3.8) is 0 Å². The van der Waals surface area contributed by atoms with E-state index >= 15 is 0 Å². The van der Waals surface area contributed by atoms with Crippen molar-refractivity contribution >= 4 is 21.7 Å². The zero-order valence-corrected chi connectivity index (χ0v) is 19.3. The molecular weight excluding hydrogens is 461 g/mol. The van der Waals surface area contributed by atoms with Crippen LogP contribution in [-0.2, 0) is 16.6 Å². The predicted molar refractivity (Wildman–Crippen MR) is 125 cm³/mol. The van der Waals surface area contributed by atoms with Gasteiger partial charge in [0.1, 0.15) is 11.6 Å². The Kier molecular flexibility index (Phi) is 6.75. The Labute approximate surface area is 196 Å². The summed E-state index contributed by atoms with van der Waals surface area (Å²) in [5.74, 6) is -0.474. The molecule has 0 saturated carbocycles. The van der Waals surface area contributed by atoms with Crippen LogP contribution in [0.15, 0.2) is 54.6 Å². The maximum atomic E-state index is 14.7. The fourth-order valence-electron chi connectivity index (χ4n) is 3.79. The molecule has 1 aliphatic heterocycles. The molecule has 4 rings (SSSR count). The van der Waals surface area contributed by atoms with Gasteiger partial charge < -0.3 is 10.0 Å². The number of hydrogen-bond acceptors (Lipinski definition) is 8. The first kappa shape index (κ1) is 23.6. The number of phenols is 1. The van der Waals surface area contributed by atoms with Crippen LogP contribution in [0.5, 0.6) is 5.75 Å². The molecule has 0 unspecified atom stereocenters. The highest BCUT2D eigenvalue weighted by Crippen LogP contribution is 2.27. The van der Waals surface area contributed by atoms with Crippen LogP contribution in [-0.4, -0.2) is 67.0 Å². The highest BCUT2D eigenvalue weighted by molar-refractivity contribution is 7.89. The van der Waals surface area contributed by atoms with Crippen LogP contribution in [0, 0.1) is 5.82 Å². The largest absolute Gasteiger partial charge is 0.508 e. The second kappa shape index (κ2) is 9.74. The molecule has 178 valence electrons. The van der Waals surface area contributed by atoms with Crippen molar-refractivity contribution < 1.29 is 22.7 Å². The zero-order valence-electron chi connectivity index (χ0n) is 18.5. The van der Waals surface area contributed by atoms with E-state index in [-0.39, 0.29) is 17.3 Å². The van der Waals surface area contributed by atoms with Crippen LogP contribution in [0.2, 0.25) is 0 Å². The molecule has 9 nitrogen and oxygen atoms in total. The van der Waals surface area contributed by atoms with Crippen molar-refractivity contribution in [2.75, 3.05) is 37.3 Å². The molecule has 34 heavy (non-hydrogen) atoms. The van der Waals surface area contributed by atoms with Crippen molar-refractivity contribution in [3.05, 3.63) is 71.7 Å². The minimum Gasteiger partial charge on any atom is -0.508 e. The number of nitrogens with zero attached hydrogens (tertiary/aromatic N) is 4. The lowest BCUT2D eigenvalue weighted by Gasteiger charge is -2.35. The van der Waals surface area contributed by atoms with Gasteiger partial charge in [-0.1, -0.05) is 24.3 Å². The van der Waals surface area contributed by atoms with Gasteiger partial charge in [0.15, 0.2) is 11.5 Å². The van der Waals surface area contributed by atoms with Crippen molar-refractivity contribution in [1.82, 2.24) is 19.8 Å². The molecule has 1 aliphatic rings. The van der Waals surface area contributed by atoms with Crippen LogP contribution in [0.3, 0.4) is 0 Å². The lowest BCUT2D eigenvalue weighted by Crippen LogP contribution is -2.46. The Balaban J connectivity index is 1.33. The van der Waals surface area contributed by atoms with E-state index in [0.717, 1.165) is 24.9 Å². The molecule has 0 atom stereocenters. The summed E-state index contributed by atoms with van der Waals surface area (Å²) >= 11 is 0. The molecule has 0 spiro atoms. The number of piperazine rings is 1. The number of aromatic hydroxyl groups is 1. The Morgan fingerprint density at radius 1 is 1.06 bits per heavy atom. The van der Waals surface area contributed by atoms with Crippen molar-refractivity contribution in [2.24, 2.45) is 0 Å². The van der Waals surface area contributed by atoms with Gasteiger partial charge >= 0.3 is 0 Å². The summed E-state index contributed by atoms with van der Waals surface area (Å²) in [5, 5.41) is 17.5. The molecule has 11 heteroatoms. The minimum atomic E-state index is -3.67. The fourth-order valence-corrected chi connectivity index (χ4v) is 4.23. The van der Waals surface area contributed by atoms with Gasteiger partial charge in [-0.3, -0.25) is 9.69 Å². The van der Waals surface area contributed by atoms with Gasteiger partial charge in [-0.05, 0) is 41.5 Å². The van der Waals surface area contributed by atoms with E-state index in [2.05, 4.69) is 15.1 Å². The molecule has 0 bridgehead atoms. The van der Waals surface area contributed by atoms with Crippen molar-refractivity contribution in [1.29, 1.82) is 0 Å². The minimum absolute atomic E-state index is 0.0796. The lowest BCUT2D eigenvalue weighted by atomic mass is 10.0. The number of phenolic OH excluding ortho intramolecular Hbond substituents is 1. The second-order valence-corrected chi connectivity index (χ2v) is 9.86. The predicted octanol–water partition coefficient (Wildman–Crippen LogP) is 2.00. The summed E-state index contributed by atoms with van der Waals surface area (Å²) in [5.41, 5.74) is 1.84. The summed E-state index contributed by atoms with van der Waals surface area (Å²) in [4.78, 5) is 16.1. The van der Waals surface area contributed by atoms with Crippen molar-refractivity contribution in [3.8, 4) is 16.9 Å². The smallest absolute Gasteiger partial charge is 0.285 e. The Morgan fingerprint density at radius 2 is 1.82 bits per heavy atom. The van der Waals surface area contributed by atoms with E-state index in [1.165, 1.54) is 18.2 Å². The monoisotopic (exact) mass is 485 g/mol. The summed E-state index contributed by atoms with van der Waals surface area (Å²) in [6, 6.07) is 14.7. The maximum absolute atomic E-state index is 14.7. The molecule has 2 N–H and O–H groups in total. The second-order valence-electron chi connectivity index (χ2n) is 8.11. The Bertz CT molecular complexity index is 1290. The van der Waals surface area contributed by atoms with Crippen LogP contribution >= 0.6 is 0 Å². The van der Waals surface area contributed by atoms with Gasteiger partial charge in [0.25, 0.3) is 5.91 Å². The van der Waals surface area contributed by atoms with E-state index in [1.807, 2.05) is 15.7 Å². The standard InChI is InChI=1S/C23H24FN5O4S/c1-34(32,33)27-23(31)21-7-8-22(26-25-21)29-11-9-28(10-12-29)15-16-5-6-19(20(24)13-16)17-3-2-4-18(30)14-17/h2-8,13-14,30H,9-12,15H2,1H3,(H,27,31). The number of sulfonamides is 1. The Morgan fingerprint density at radius 3 is 2.44 bits per heavy atom. The topological polar surface area (TPSA) is 116 Å². The molecule has 1 aromatic heterocycles. The number of benzene rings is 2. The highest BCUT2D eigenvalue weighted by Gasteiger charge is 2.20. The first-order valence-corrected chi connectivity index (χ1v) is 12.5. The number of nitrogens with one attached hydrogen (secondary N) is 1. The Hall–Kier alpha value is -3.57. The van der Waals surface area contributed by atoms with Crippen LogP contribution < -0.4 is 9.62 Å². The molecule has 2 heterocycles. The number of carbonyl (C=O) groups excluding carboxylic acids is 1. The average Bonchev–Trinajstić information content (AvgIpc) is 2.79. The maximum Gasteiger partial charge on any atom is 0.285 e. The first-order chi connectivity index (χ1) is 16.2. The number of rotatable bonds is 6. The molecule has 0 radical (unpaired) electrons. The summed E-state index contributed by atoms with van der Waals surface area (Å²) in [7, 11) is -3.67. The fraction of sp³-hybridized carbons (Fsp3) is 0.261. The number of halogens is 1. The van der Waals surface area contributed by atoms with E-state index in [0.29, 0.717) is 36.6 Å². The molecular formula is C23H24FN5O4S. The third-order valence-electron chi connectivity index (χ3n) is 5.45. The summed E-state index contributed by atoms with van der Waals surface area (Å²) in [6.45, 7) is 3.41. The highest BCUT2D eigenvalue weighted by atomic mass is 32.2. The number of anilines is 1. The van der Waals surface area contributed by atoms with Crippen molar-refractivity contribution in [2.45, 2.75) is 6.54 Å². The van der Waals surface area contributed by atoms with Crippen LogP contribution in [0.25, 0.3) is 11.1 Å². The summed E-state index contributed by atoms with van der Waals surface area (Å²) < 4.78 is 38.9. The zero-order chi connectivity index (χ0) is 24.3. The van der Waals surface area contributed by atoms with Gasteiger partial charge in [-0.25, -0.2) is 17.5 Å². The number of amides is 1. The third kappa shape index (κ3) is 5.86. The van der Waals surface area contributed by atoms with E-state index in [1.54, 1.807) is 30.3 Å². The number of carbonyl (C=O) groups is 1. The van der Waals surface area contributed by atoms with Gasteiger partial charge in [0.2, 0.25) is 10.0 Å². The SMILES string of the molecule is CS(=O)(=O)NC(=O)c1ccc(N2CCN(Cc3ccc(-c4cccc(O)c4)c(F)c3)CC2)nn1. The van der Waals surface area contributed by atoms with E-state index in [9.17, 15) is 22.7 Å². The molecule has 0 aliphatic carbocycles. The molecule has 1 fully saturated rings. The number of hydrogen-bond donors (Lipinski definition) is 2. The quantitative estimate of drug-likeness (QED) is 0.545. The van der Waals surface area contributed by atoms with Gasteiger partial charge in [-0.15, -0.1) is 10.2 Å². The van der Waals surface area contributed by atoms with Gasteiger partial charge in [-0.2, -0.15) is 0 Å².